The Balaban J connectivity index is 2.45. The average Bonchev–Trinajstić information content (AvgIpc) is 2.41. The van der Waals surface area contributed by atoms with Crippen molar-refractivity contribution >= 4 is 6.03 Å². The van der Waals surface area contributed by atoms with E-state index < -0.39 is 12.1 Å². The van der Waals surface area contributed by atoms with Crippen LogP contribution in [0, 0.1) is 0 Å². The molecule has 0 bridgehead atoms. The molecule has 0 aliphatic rings. The molecular weight excluding hydrogens is 228 g/mol. The van der Waals surface area contributed by atoms with Gasteiger partial charge in [0, 0.05) is 0 Å². The van der Waals surface area contributed by atoms with Gasteiger partial charge in [0.05, 0.1) is 0 Å². The van der Waals surface area contributed by atoms with E-state index in [-0.39, 0.29) is 0 Å². The Morgan fingerprint density at radius 3 is 1.67 bits per heavy atom. The number of amides is 2. The standard InChI is InChI=1S/C14H14N2O2/c15-14(17)16(18)13(11-7-3-1-4-8-11)12-9-5-2-6-10-12/h1-10,13,18H,(H2,15,17). The molecule has 0 atom stereocenters. The minimum atomic E-state index is -0.882. The van der Waals surface area contributed by atoms with Crippen molar-refractivity contribution in [1.82, 2.24) is 5.06 Å². The molecule has 0 aliphatic carbocycles. The maximum absolute atomic E-state index is 11.2. The Bertz CT molecular complexity index is 474. The van der Waals surface area contributed by atoms with Gasteiger partial charge in [-0.25, -0.2) is 4.79 Å². The first-order valence-electron chi connectivity index (χ1n) is 5.57. The predicted octanol–water partition coefficient (Wildman–Crippen LogP) is 2.55. The summed E-state index contributed by atoms with van der Waals surface area (Å²) in [6.07, 6.45) is 0. The van der Waals surface area contributed by atoms with Gasteiger partial charge in [0.25, 0.3) is 0 Å². The molecule has 0 saturated carbocycles. The fourth-order valence-corrected chi connectivity index (χ4v) is 1.87. The molecule has 0 aliphatic heterocycles. The van der Waals surface area contributed by atoms with Gasteiger partial charge in [-0.2, -0.15) is 5.06 Å². The number of hydrogen-bond donors (Lipinski definition) is 2. The lowest BCUT2D eigenvalue weighted by Gasteiger charge is -2.25. The molecule has 4 heteroatoms. The largest absolute Gasteiger partial charge is 0.350 e. The van der Waals surface area contributed by atoms with Crippen LogP contribution in [0.25, 0.3) is 0 Å². The van der Waals surface area contributed by atoms with Crippen molar-refractivity contribution in [2.45, 2.75) is 6.04 Å². The van der Waals surface area contributed by atoms with Crippen molar-refractivity contribution in [1.29, 1.82) is 0 Å². The molecule has 0 unspecified atom stereocenters. The molecule has 2 amide bonds. The van der Waals surface area contributed by atoms with Crippen molar-refractivity contribution in [3.05, 3.63) is 71.8 Å². The van der Waals surface area contributed by atoms with E-state index in [1.807, 2.05) is 60.7 Å². The number of carbonyl (C=O) groups excluding carboxylic acids is 1. The van der Waals surface area contributed by atoms with Crippen LogP contribution in [0.3, 0.4) is 0 Å². The van der Waals surface area contributed by atoms with Crippen molar-refractivity contribution in [2.24, 2.45) is 5.73 Å². The fourth-order valence-electron chi connectivity index (χ4n) is 1.87. The molecule has 0 spiro atoms. The molecule has 4 nitrogen and oxygen atoms in total. The van der Waals surface area contributed by atoms with Gasteiger partial charge in [0.1, 0.15) is 6.04 Å². The normalized spacial score (nSPS) is 10.3. The Morgan fingerprint density at radius 1 is 0.944 bits per heavy atom. The zero-order chi connectivity index (χ0) is 13.0. The molecule has 18 heavy (non-hydrogen) atoms. The highest BCUT2D eigenvalue weighted by Gasteiger charge is 2.23. The molecule has 2 rings (SSSR count). The molecule has 3 N–H and O–H groups in total. The second kappa shape index (κ2) is 5.33. The summed E-state index contributed by atoms with van der Waals surface area (Å²) in [5, 5.41) is 10.4. The van der Waals surface area contributed by atoms with Crippen LogP contribution in [0.1, 0.15) is 17.2 Å². The molecule has 0 aromatic heterocycles. The van der Waals surface area contributed by atoms with Crippen LogP contribution in [0.5, 0.6) is 0 Å². The molecule has 2 aromatic rings. The van der Waals surface area contributed by atoms with Crippen molar-refractivity contribution in [3.8, 4) is 0 Å². The number of nitrogens with zero attached hydrogens (tertiary/aromatic N) is 1. The topological polar surface area (TPSA) is 66.6 Å². The van der Waals surface area contributed by atoms with Crippen LogP contribution in [-0.4, -0.2) is 16.3 Å². The number of carbonyl (C=O) groups is 1. The second-order valence-corrected chi connectivity index (χ2v) is 3.91. The number of benzene rings is 2. The first-order valence-corrected chi connectivity index (χ1v) is 5.57. The minimum Gasteiger partial charge on any atom is -0.350 e. The van der Waals surface area contributed by atoms with E-state index in [1.54, 1.807) is 0 Å². The number of primary amides is 1. The van der Waals surface area contributed by atoms with Crippen LogP contribution < -0.4 is 5.73 Å². The third-order valence-electron chi connectivity index (χ3n) is 2.70. The SMILES string of the molecule is NC(=O)N(O)C(c1ccccc1)c1ccccc1. The number of urea groups is 1. The molecule has 0 saturated heterocycles. The fraction of sp³-hybridized carbons (Fsp3) is 0.0714. The summed E-state index contributed by atoms with van der Waals surface area (Å²) in [7, 11) is 0. The first-order chi connectivity index (χ1) is 8.70. The molecule has 0 radical (unpaired) electrons. The van der Waals surface area contributed by atoms with Crippen LogP contribution in [0.4, 0.5) is 4.79 Å². The van der Waals surface area contributed by atoms with Crippen molar-refractivity contribution < 1.29 is 10.0 Å². The van der Waals surface area contributed by atoms with E-state index in [4.69, 9.17) is 5.73 Å². The Labute approximate surface area is 105 Å². The van der Waals surface area contributed by atoms with Crippen LogP contribution >= 0.6 is 0 Å². The third kappa shape index (κ3) is 2.49. The smallest absolute Gasteiger partial charge is 0.339 e. The van der Waals surface area contributed by atoms with Gasteiger partial charge in [-0.1, -0.05) is 60.7 Å². The lowest BCUT2D eigenvalue weighted by Crippen LogP contribution is -2.36. The quantitative estimate of drug-likeness (QED) is 0.641. The summed E-state index contributed by atoms with van der Waals surface area (Å²) < 4.78 is 0. The molecule has 0 heterocycles. The third-order valence-corrected chi connectivity index (χ3v) is 2.70. The van der Waals surface area contributed by atoms with Gasteiger partial charge in [-0.05, 0) is 11.1 Å². The van der Waals surface area contributed by atoms with Crippen LogP contribution in [-0.2, 0) is 0 Å². The van der Waals surface area contributed by atoms with E-state index in [0.29, 0.717) is 5.06 Å². The first kappa shape index (κ1) is 12.1. The maximum atomic E-state index is 11.2. The van der Waals surface area contributed by atoms with Gasteiger partial charge in [0.2, 0.25) is 0 Å². The summed E-state index contributed by atoms with van der Waals surface area (Å²) in [6, 6.07) is 17.0. The molecule has 0 fully saturated rings. The zero-order valence-electron chi connectivity index (χ0n) is 9.73. The lowest BCUT2D eigenvalue weighted by atomic mass is 9.98. The van der Waals surface area contributed by atoms with Gasteiger partial charge in [0.15, 0.2) is 0 Å². The van der Waals surface area contributed by atoms with Crippen LogP contribution in [0.15, 0.2) is 60.7 Å². The summed E-state index contributed by atoms with van der Waals surface area (Å²) in [5.41, 5.74) is 6.74. The van der Waals surface area contributed by atoms with E-state index >= 15 is 0 Å². The van der Waals surface area contributed by atoms with E-state index in [9.17, 15) is 10.0 Å². The molecule has 92 valence electrons. The number of hydrogen-bond acceptors (Lipinski definition) is 2. The maximum Gasteiger partial charge on any atom is 0.339 e. The highest BCUT2D eigenvalue weighted by Crippen LogP contribution is 2.26. The average molecular weight is 242 g/mol. The lowest BCUT2D eigenvalue weighted by molar-refractivity contribution is -0.0645. The minimum absolute atomic E-state index is 0.546. The summed E-state index contributed by atoms with van der Waals surface area (Å²) >= 11 is 0. The zero-order valence-corrected chi connectivity index (χ0v) is 9.73. The number of nitrogens with two attached hydrogens (primary N) is 1. The van der Waals surface area contributed by atoms with Gasteiger partial charge in [-0.15, -0.1) is 0 Å². The second-order valence-electron chi connectivity index (χ2n) is 3.91. The van der Waals surface area contributed by atoms with Crippen molar-refractivity contribution in [3.63, 3.8) is 0 Å². The Kier molecular flexibility index (Phi) is 3.60. The summed E-state index contributed by atoms with van der Waals surface area (Å²) in [5.74, 6) is 0. The Morgan fingerprint density at radius 2 is 1.33 bits per heavy atom. The highest BCUT2D eigenvalue weighted by molar-refractivity contribution is 5.71. The van der Waals surface area contributed by atoms with E-state index in [1.165, 1.54) is 0 Å². The van der Waals surface area contributed by atoms with Gasteiger partial charge >= 0.3 is 6.03 Å². The predicted molar refractivity (Wildman–Crippen MR) is 67.9 cm³/mol. The van der Waals surface area contributed by atoms with Crippen LogP contribution in [0.2, 0.25) is 0 Å². The molecular formula is C14H14N2O2. The highest BCUT2D eigenvalue weighted by atomic mass is 16.5. The van der Waals surface area contributed by atoms with E-state index in [2.05, 4.69) is 0 Å². The van der Waals surface area contributed by atoms with E-state index in [0.717, 1.165) is 11.1 Å². The Hall–Kier alpha value is -2.33. The monoisotopic (exact) mass is 242 g/mol. The summed E-state index contributed by atoms with van der Waals surface area (Å²) in [6.45, 7) is 0. The number of hydroxylamine groups is 2. The van der Waals surface area contributed by atoms with Crippen molar-refractivity contribution in [2.75, 3.05) is 0 Å². The van der Waals surface area contributed by atoms with Gasteiger partial charge in [-0.3, -0.25) is 5.21 Å². The summed E-state index contributed by atoms with van der Waals surface area (Å²) in [4.78, 5) is 11.2. The molecule has 2 aromatic carbocycles. The van der Waals surface area contributed by atoms with Gasteiger partial charge < -0.3 is 5.73 Å². The number of rotatable bonds is 3.